The number of hydrogen-bond donors (Lipinski definition) is 1. The molecule has 0 aromatic heterocycles. The van der Waals surface area contributed by atoms with Crippen LogP contribution in [0.4, 0.5) is 13.2 Å². The van der Waals surface area contributed by atoms with Crippen LogP contribution in [-0.2, 0) is 6.18 Å². The number of rotatable bonds is 2. The van der Waals surface area contributed by atoms with Crippen molar-refractivity contribution >= 4 is 15.9 Å². The predicted molar refractivity (Wildman–Crippen MR) is 63.3 cm³/mol. The average molecular weight is 308 g/mol. The second-order valence-electron chi connectivity index (χ2n) is 4.64. The molecule has 0 radical (unpaired) electrons. The van der Waals surface area contributed by atoms with Crippen LogP contribution in [0.25, 0.3) is 0 Å². The molecule has 0 amide bonds. The molecular formula is C12H13BrF3N. The van der Waals surface area contributed by atoms with Gasteiger partial charge in [0.2, 0.25) is 0 Å². The maximum Gasteiger partial charge on any atom is 0.416 e. The van der Waals surface area contributed by atoms with Gasteiger partial charge in [0, 0.05) is 10.5 Å². The van der Waals surface area contributed by atoms with E-state index in [1.807, 2.05) is 0 Å². The number of halogens is 4. The van der Waals surface area contributed by atoms with Gasteiger partial charge in [-0.3, -0.25) is 0 Å². The van der Waals surface area contributed by atoms with Gasteiger partial charge in [-0.1, -0.05) is 22.9 Å². The zero-order valence-electron chi connectivity index (χ0n) is 9.26. The maximum atomic E-state index is 12.6. The van der Waals surface area contributed by atoms with Gasteiger partial charge in [0.1, 0.15) is 0 Å². The molecule has 17 heavy (non-hydrogen) atoms. The van der Waals surface area contributed by atoms with Crippen molar-refractivity contribution in [1.29, 1.82) is 0 Å². The van der Waals surface area contributed by atoms with E-state index in [2.05, 4.69) is 22.9 Å². The first-order chi connectivity index (χ1) is 7.80. The van der Waals surface area contributed by atoms with Crippen LogP contribution in [0.1, 0.15) is 30.5 Å². The summed E-state index contributed by atoms with van der Waals surface area (Å²) in [5.41, 5.74) is 5.92. The first-order valence-corrected chi connectivity index (χ1v) is 6.22. The van der Waals surface area contributed by atoms with Gasteiger partial charge < -0.3 is 5.73 Å². The largest absolute Gasteiger partial charge is 0.416 e. The van der Waals surface area contributed by atoms with Crippen molar-refractivity contribution in [3.05, 3.63) is 33.8 Å². The zero-order chi connectivity index (χ0) is 12.8. The lowest BCUT2D eigenvalue weighted by atomic mass is 10.00. The van der Waals surface area contributed by atoms with Crippen molar-refractivity contribution in [2.24, 2.45) is 17.6 Å². The molecule has 2 N–H and O–H groups in total. The van der Waals surface area contributed by atoms with E-state index in [0.717, 1.165) is 18.6 Å². The summed E-state index contributed by atoms with van der Waals surface area (Å²) in [4.78, 5) is 0. The molecule has 0 heterocycles. The van der Waals surface area contributed by atoms with Gasteiger partial charge in [-0.05, 0) is 42.0 Å². The summed E-state index contributed by atoms with van der Waals surface area (Å²) in [6.45, 7) is 2.06. The molecular weight excluding hydrogens is 295 g/mol. The molecule has 1 fully saturated rings. The standard InChI is InChI=1S/C12H13BrF3N/c1-6-4-8(6)11(17)9-5-7(12(14,15)16)2-3-10(9)13/h2-3,5-6,8,11H,4,17H2,1H3. The molecule has 1 aromatic carbocycles. The Morgan fingerprint density at radius 3 is 2.47 bits per heavy atom. The highest BCUT2D eigenvalue weighted by atomic mass is 79.9. The number of benzene rings is 1. The third-order valence-electron chi connectivity index (χ3n) is 3.32. The molecule has 5 heteroatoms. The topological polar surface area (TPSA) is 26.0 Å². The van der Waals surface area contributed by atoms with Crippen LogP contribution < -0.4 is 5.73 Å². The van der Waals surface area contributed by atoms with Gasteiger partial charge in [-0.2, -0.15) is 13.2 Å². The van der Waals surface area contributed by atoms with Crippen LogP contribution >= 0.6 is 15.9 Å². The monoisotopic (exact) mass is 307 g/mol. The Morgan fingerprint density at radius 1 is 1.41 bits per heavy atom. The Kier molecular flexibility index (Phi) is 3.25. The molecule has 0 spiro atoms. The number of nitrogens with two attached hydrogens (primary N) is 1. The van der Waals surface area contributed by atoms with Crippen molar-refractivity contribution in [3.8, 4) is 0 Å². The fourth-order valence-electron chi connectivity index (χ4n) is 2.06. The fraction of sp³-hybridized carbons (Fsp3) is 0.500. The Balaban J connectivity index is 2.32. The minimum atomic E-state index is -4.32. The molecule has 0 bridgehead atoms. The van der Waals surface area contributed by atoms with Gasteiger partial charge in [0.05, 0.1) is 5.56 Å². The van der Waals surface area contributed by atoms with E-state index in [1.54, 1.807) is 0 Å². The van der Waals surface area contributed by atoms with Crippen LogP contribution in [0, 0.1) is 11.8 Å². The molecule has 3 unspecified atom stereocenters. The molecule has 1 saturated carbocycles. The van der Waals surface area contributed by atoms with Crippen molar-refractivity contribution in [2.75, 3.05) is 0 Å². The third kappa shape index (κ3) is 2.65. The minimum Gasteiger partial charge on any atom is -0.324 e. The summed E-state index contributed by atoms with van der Waals surface area (Å²) in [5, 5.41) is 0. The summed E-state index contributed by atoms with van der Waals surface area (Å²) >= 11 is 3.27. The number of alkyl halides is 3. The Hall–Kier alpha value is -0.550. The SMILES string of the molecule is CC1CC1C(N)c1cc(C(F)(F)F)ccc1Br. The van der Waals surface area contributed by atoms with Crippen molar-refractivity contribution in [3.63, 3.8) is 0 Å². The summed E-state index contributed by atoms with van der Waals surface area (Å²) in [6, 6.07) is 3.32. The Morgan fingerprint density at radius 2 is 2.00 bits per heavy atom. The lowest BCUT2D eigenvalue weighted by Crippen LogP contribution is -2.15. The molecule has 2 rings (SSSR count). The smallest absolute Gasteiger partial charge is 0.324 e. The highest BCUT2D eigenvalue weighted by Crippen LogP contribution is 2.47. The molecule has 1 aliphatic carbocycles. The minimum absolute atomic E-state index is 0.301. The first kappa shape index (κ1) is 12.9. The highest BCUT2D eigenvalue weighted by molar-refractivity contribution is 9.10. The highest BCUT2D eigenvalue weighted by Gasteiger charge is 2.40. The van der Waals surface area contributed by atoms with Crippen LogP contribution in [0.2, 0.25) is 0 Å². The van der Waals surface area contributed by atoms with Crippen molar-refractivity contribution in [1.82, 2.24) is 0 Å². The van der Waals surface area contributed by atoms with E-state index >= 15 is 0 Å². The van der Waals surface area contributed by atoms with Gasteiger partial charge in [0.25, 0.3) is 0 Å². The maximum absolute atomic E-state index is 12.6. The van der Waals surface area contributed by atoms with Crippen molar-refractivity contribution < 1.29 is 13.2 Å². The molecule has 1 nitrogen and oxygen atoms in total. The van der Waals surface area contributed by atoms with Gasteiger partial charge in [0.15, 0.2) is 0 Å². The van der Waals surface area contributed by atoms with Crippen LogP contribution in [0.3, 0.4) is 0 Å². The van der Waals surface area contributed by atoms with Crippen molar-refractivity contribution in [2.45, 2.75) is 25.6 Å². The molecule has 0 saturated heterocycles. The van der Waals surface area contributed by atoms with Crippen LogP contribution in [0.5, 0.6) is 0 Å². The lowest BCUT2D eigenvalue weighted by Gasteiger charge is -2.16. The van der Waals surface area contributed by atoms with E-state index in [1.165, 1.54) is 6.07 Å². The van der Waals surface area contributed by atoms with E-state index < -0.39 is 11.7 Å². The Labute approximate surface area is 106 Å². The summed E-state index contributed by atoms with van der Waals surface area (Å²) in [6.07, 6.45) is -3.33. The predicted octanol–water partition coefficient (Wildman–Crippen LogP) is 4.12. The average Bonchev–Trinajstić information content (AvgIpc) is 2.93. The Bertz CT molecular complexity index is 430. The van der Waals surface area contributed by atoms with Crippen LogP contribution in [0.15, 0.2) is 22.7 Å². The normalized spacial score (nSPS) is 25.8. The summed E-state index contributed by atoms with van der Waals surface area (Å²) in [7, 11) is 0. The molecule has 94 valence electrons. The second kappa shape index (κ2) is 4.28. The lowest BCUT2D eigenvalue weighted by molar-refractivity contribution is -0.137. The summed E-state index contributed by atoms with van der Waals surface area (Å²) < 4.78 is 38.5. The van der Waals surface area contributed by atoms with E-state index in [-0.39, 0.29) is 6.04 Å². The van der Waals surface area contributed by atoms with E-state index in [9.17, 15) is 13.2 Å². The quantitative estimate of drug-likeness (QED) is 0.873. The first-order valence-electron chi connectivity index (χ1n) is 5.43. The van der Waals surface area contributed by atoms with E-state index in [0.29, 0.717) is 21.9 Å². The van der Waals surface area contributed by atoms with Gasteiger partial charge >= 0.3 is 6.18 Å². The number of hydrogen-bond acceptors (Lipinski definition) is 1. The molecule has 0 aliphatic heterocycles. The zero-order valence-corrected chi connectivity index (χ0v) is 10.8. The van der Waals surface area contributed by atoms with Gasteiger partial charge in [-0.25, -0.2) is 0 Å². The third-order valence-corrected chi connectivity index (χ3v) is 4.04. The second-order valence-corrected chi connectivity index (χ2v) is 5.49. The molecule has 1 aromatic rings. The van der Waals surface area contributed by atoms with E-state index in [4.69, 9.17) is 5.73 Å². The molecule has 3 atom stereocenters. The van der Waals surface area contributed by atoms with Gasteiger partial charge in [-0.15, -0.1) is 0 Å². The van der Waals surface area contributed by atoms with Crippen LogP contribution in [-0.4, -0.2) is 0 Å². The summed E-state index contributed by atoms with van der Waals surface area (Å²) in [5.74, 6) is 0.807. The fourth-order valence-corrected chi connectivity index (χ4v) is 2.57. The molecule has 1 aliphatic rings.